The molecule has 0 aromatic heterocycles. The number of hydrogen-bond donors (Lipinski definition) is 2. The molecule has 1 heterocycles. The van der Waals surface area contributed by atoms with Crippen LogP contribution in [-0.2, 0) is 14.8 Å². The van der Waals surface area contributed by atoms with Crippen molar-refractivity contribution in [1.82, 2.24) is 4.31 Å². The van der Waals surface area contributed by atoms with Crippen LogP contribution in [0.4, 0.5) is 11.4 Å². The van der Waals surface area contributed by atoms with Crippen LogP contribution in [0.2, 0.25) is 0 Å². The van der Waals surface area contributed by atoms with Gasteiger partial charge in [-0.05, 0) is 49.5 Å². The number of ether oxygens (including phenoxy) is 2. The molecule has 1 fully saturated rings. The van der Waals surface area contributed by atoms with E-state index in [0.717, 1.165) is 11.3 Å². The summed E-state index contributed by atoms with van der Waals surface area (Å²) in [5.74, 6) is 0.494. The van der Waals surface area contributed by atoms with Gasteiger partial charge in [0.25, 0.3) is 0 Å². The molecule has 0 radical (unpaired) electrons. The summed E-state index contributed by atoms with van der Waals surface area (Å²) in [5, 5.41) is 6.44. The Morgan fingerprint density at radius 3 is 2.43 bits per heavy atom. The molecule has 2 aromatic carbocycles. The van der Waals surface area contributed by atoms with Gasteiger partial charge in [-0.3, -0.25) is 0 Å². The molecular formula is C19H23N3O4S2. The molecule has 0 atom stereocenters. The zero-order valence-electron chi connectivity index (χ0n) is 15.8. The number of benzene rings is 2. The number of nitrogens with zero attached hydrogens (tertiary/aromatic N) is 1. The van der Waals surface area contributed by atoms with Crippen molar-refractivity contribution < 1.29 is 17.9 Å². The summed E-state index contributed by atoms with van der Waals surface area (Å²) in [6.07, 6.45) is 0. The van der Waals surface area contributed by atoms with E-state index in [1.807, 2.05) is 31.2 Å². The molecule has 1 saturated heterocycles. The Morgan fingerprint density at radius 2 is 1.79 bits per heavy atom. The highest BCUT2D eigenvalue weighted by Crippen LogP contribution is 2.29. The highest BCUT2D eigenvalue weighted by atomic mass is 32.2. The fraction of sp³-hybridized carbons (Fsp3) is 0.316. The standard InChI is InChI=1S/C19H23N3O4S2/c1-14-3-5-15(6-4-14)20-19(27)21-17-13-16(7-8-18(17)25-2)28(23,24)22-9-11-26-12-10-22/h3-8,13H,9-12H2,1-2H3,(H2,20,21,27). The first-order valence-corrected chi connectivity index (χ1v) is 10.7. The van der Waals surface area contributed by atoms with Crippen LogP contribution in [-0.4, -0.2) is 51.2 Å². The molecule has 0 saturated carbocycles. The lowest BCUT2D eigenvalue weighted by Gasteiger charge is -2.26. The van der Waals surface area contributed by atoms with Crippen molar-refractivity contribution in [3.8, 4) is 5.75 Å². The molecule has 3 rings (SSSR count). The van der Waals surface area contributed by atoms with Crippen LogP contribution in [0.25, 0.3) is 0 Å². The third-order valence-corrected chi connectivity index (χ3v) is 6.44. The summed E-state index contributed by atoms with van der Waals surface area (Å²) in [7, 11) is -2.09. The minimum atomic E-state index is -3.61. The third-order valence-electron chi connectivity index (χ3n) is 4.34. The normalized spacial score (nSPS) is 15.1. The number of morpholine rings is 1. The summed E-state index contributed by atoms with van der Waals surface area (Å²) in [4.78, 5) is 0.177. The van der Waals surface area contributed by atoms with Gasteiger partial charge in [0.1, 0.15) is 5.75 Å². The lowest BCUT2D eigenvalue weighted by atomic mass is 10.2. The predicted molar refractivity (Wildman–Crippen MR) is 114 cm³/mol. The van der Waals surface area contributed by atoms with E-state index in [-0.39, 0.29) is 4.90 Å². The van der Waals surface area contributed by atoms with Gasteiger partial charge in [0.2, 0.25) is 10.0 Å². The monoisotopic (exact) mass is 421 g/mol. The molecule has 0 bridgehead atoms. The zero-order valence-corrected chi connectivity index (χ0v) is 17.4. The first-order valence-electron chi connectivity index (χ1n) is 8.81. The molecular weight excluding hydrogens is 398 g/mol. The lowest BCUT2D eigenvalue weighted by molar-refractivity contribution is 0.0730. The van der Waals surface area contributed by atoms with Crippen molar-refractivity contribution >= 4 is 38.7 Å². The van der Waals surface area contributed by atoms with Gasteiger partial charge in [0.05, 0.1) is 30.9 Å². The fourth-order valence-electron chi connectivity index (χ4n) is 2.80. The Balaban J connectivity index is 1.80. The van der Waals surface area contributed by atoms with E-state index in [1.165, 1.54) is 23.5 Å². The molecule has 2 N–H and O–H groups in total. The molecule has 2 aromatic rings. The van der Waals surface area contributed by atoms with Crippen LogP contribution in [0, 0.1) is 6.92 Å². The molecule has 150 valence electrons. The highest BCUT2D eigenvalue weighted by Gasteiger charge is 2.27. The number of aryl methyl sites for hydroxylation is 1. The van der Waals surface area contributed by atoms with Gasteiger partial charge >= 0.3 is 0 Å². The summed E-state index contributed by atoms with van der Waals surface area (Å²) in [5.41, 5.74) is 2.45. The fourth-order valence-corrected chi connectivity index (χ4v) is 4.47. The average Bonchev–Trinajstić information content (AvgIpc) is 2.70. The number of hydrogen-bond acceptors (Lipinski definition) is 5. The Kier molecular flexibility index (Phi) is 6.50. The molecule has 9 heteroatoms. The highest BCUT2D eigenvalue weighted by molar-refractivity contribution is 7.89. The van der Waals surface area contributed by atoms with Crippen LogP contribution in [0.1, 0.15) is 5.56 Å². The largest absolute Gasteiger partial charge is 0.495 e. The minimum Gasteiger partial charge on any atom is -0.495 e. The number of nitrogens with one attached hydrogen (secondary N) is 2. The van der Waals surface area contributed by atoms with Gasteiger partial charge in [0, 0.05) is 18.8 Å². The maximum atomic E-state index is 12.9. The molecule has 1 aliphatic heterocycles. The minimum absolute atomic E-state index is 0.177. The molecule has 1 aliphatic rings. The topological polar surface area (TPSA) is 79.9 Å². The van der Waals surface area contributed by atoms with Gasteiger partial charge in [-0.25, -0.2) is 8.42 Å². The van der Waals surface area contributed by atoms with E-state index in [9.17, 15) is 8.42 Å². The van der Waals surface area contributed by atoms with Crippen LogP contribution < -0.4 is 15.4 Å². The maximum absolute atomic E-state index is 12.9. The lowest BCUT2D eigenvalue weighted by Crippen LogP contribution is -2.40. The first kappa shape index (κ1) is 20.5. The second-order valence-corrected chi connectivity index (χ2v) is 8.67. The van der Waals surface area contributed by atoms with Crippen LogP contribution in [0.5, 0.6) is 5.75 Å². The van der Waals surface area contributed by atoms with Crippen molar-refractivity contribution in [3.05, 3.63) is 48.0 Å². The number of sulfonamides is 1. The molecule has 0 amide bonds. The van der Waals surface area contributed by atoms with Crippen molar-refractivity contribution in [1.29, 1.82) is 0 Å². The predicted octanol–water partition coefficient (Wildman–Crippen LogP) is 2.83. The summed E-state index contributed by atoms with van der Waals surface area (Å²) in [6, 6.07) is 12.5. The van der Waals surface area contributed by atoms with E-state index in [4.69, 9.17) is 21.7 Å². The van der Waals surface area contributed by atoms with E-state index in [0.29, 0.717) is 42.9 Å². The zero-order chi connectivity index (χ0) is 20.1. The quantitative estimate of drug-likeness (QED) is 0.719. The molecule has 0 spiro atoms. The van der Waals surface area contributed by atoms with Crippen molar-refractivity contribution in [2.75, 3.05) is 44.0 Å². The molecule has 0 unspecified atom stereocenters. The van der Waals surface area contributed by atoms with Gasteiger partial charge in [0.15, 0.2) is 5.11 Å². The second-order valence-electron chi connectivity index (χ2n) is 6.32. The first-order chi connectivity index (χ1) is 13.4. The van der Waals surface area contributed by atoms with Gasteiger partial charge < -0.3 is 20.1 Å². The van der Waals surface area contributed by atoms with Crippen LogP contribution in [0.15, 0.2) is 47.4 Å². The Bertz CT molecular complexity index is 940. The molecule has 28 heavy (non-hydrogen) atoms. The van der Waals surface area contributed by atoms with Crippen molar-refractivity contribution in [2.24, 2.45) is 0 Å². The second kappa shape index (κ2) is 8.87. The van der Waals surface area contributed by atoms with Gasteiger partial charge in [-0.1, -0.05) is 17.7 Å². The SMILES string of the molecule is COc1ccc(S(=O)(=O)N2CCOCC2)cc1NC(=S)Nc1ccc(C)cc1. The van der Waals surface area contributed by atoms with Gasteiger partial charge in [-0.2, -0.15) is 4.31 Å². The van der Waals surface area contributed by atoms with Crippen LogP contribution in [0.3, 0.4) is 0 Å². The summed E-state index contributed by atoms with van der Waals surface area (Å²) in [6.45, 7) is 3.47. The Labute approximate surface area is 170 Å². The summed E-state index contributed by atoms with van der Waals surface area (Å²) < 4.78 is 37.8. The molecule has 7 nitrogen and oxygen atoms in total. The number of rotatable bonds is 5. The smallest absolute Gasteiger partial charge is 0.243 e. The Hall–Kier alpha value is -2.20. The summed E-state index contributed by atoms with van der Waals surface area (Å²) >= 11 is 5.37. The van der Waals surface area contributed by atoms with E-state index < -0.39 is 10.0 Å². The average molecular weight is 422 g/mol. The number of thiocarbonyl (C=S) groups is 1. The van der Waals surface area contributed by atoms with Crippen molar-refractivity contribution in [2.45, 2.75) is 11.8 Å². The Morgan fingerprint density at radius 1 is 1.11 bits per heavy atom. The maximum Gasteiger partial charge on any atom is 0.243 e. The number of methoxy groups -OCH3 is 1. The van der Waals surface area contributed by atoms with E-state index >= 15 is 0 Å². The van der Waals surface area contributed by atoms with Crippen molar-refractivity contribution in [3.63, 3.8) is 0 Å². The number of anilines is 2. The van der Waals surface area contributed by atoms with E-state index in [1.54, 1.807) is 6.07 Å². The van der Waals surface area contributed by atoms with Crippen LogP contribution >= 0.6 is 12.2 Å². The molecule has 0 aliphatic carbocycles. The third kappa shape index (κ3) is 4.79. The van der Waals surface area contributed by atoms with Gasteiger partial charge in [-0.15, -0.1) is 0 Å². The van der Waals surface area contributed by atoms with E-state index in [2.05, 4.69) is 10.6 Å².